The van der Waals surface area contributed by atoms with E-state index >= 15 is 0 Å². The first-order chi connectivity index (χ1) is 8.93. The van der Waals surface area contributed by atoms with E-state index in [1.165, 1.54) is 12.8 Å². The van der Waals surface area contributed by atoms with E-state index in [2.05, 4.69) is 24.3 Å². The summed E-state index contributed by atoms with van der Waals surface area (Å²) in [5.74, 6) is -0.330. The number of nitrogens with one attached hydrogen (secondary N) is 1. The van der Waals surface area contributed by atoms with Gasteiger partial charge in [-0.3, -0.25) is 4.79 Å². The van der Waals surface area contributed by atoms with Crippen LogP contribution in [0.1, 0.15) is 45.4 Å². The second-order valence-electron chi connectivity index (χ2n) is 5.79. The van der Waals surface area contributed by atoms with Gasteiger partial charge in [0, 0.05) is 12.1 Å². The molecule has 0 heterocycles. The van der Waals surface area contributed by atoms with E-state index in [4.69, 9.17) is 18.0 Å². The number of carbonyl (C=O) groups excluding carboxylic acids is 1. The Kier molecular flexibility index (Phi) is 6.20. The summed E-state index contributed by atoms with van der Waals surface area (Å²) >= 11 is 4.99. The fraction of sp³-hybridized carbons (Fsp3) is 0.857. The van der Waals surface area contributed by atoms with Crippen LogP contribution in [0, 0.1) is 5.92 Å². The molecule has 0 bridgehead atoms. The second kappa shape index (κ2) is 7.20. The Labute approximate surface area is 122 Å². The number of rotatable bonds is 7. The topological polar surface area (TPSA) is 58.4 Å². The summed E-state index contributed by atoms with van der Waals surface area (Å²) in [6, 6.07) is 0. The predicted octanol–water partition coefficient (Wildman–Crippen LogP) is 1.68. The van der Waals surface area contributed by atoms with Gasteiger partial charge < -0.3 is 16.0 Å². The highest BCUT2D eigenvalue weighted by molar-refractivity contribution is 7.80. The lowest BCUT2D eigenvalue weighted by Gasteiger charge is -2.36. The Morgan fingerprint density at radius 3 is 2.42 bits per heavy atom. The van der Waals surface area contributed by atoms with Crippen molar-refractivity contribution in [2.75, 3.05) is 20.6 Å². The molecule has 0 radical (unpaired) electrons. The molecule has 4 nitrogen and oxygen atoms in total. The zero-order valence-electron chi connectivity index (χ0n) is 12.4. The Morgan fingerprint density at radius 1 is 1.42 bits per heavy atom. The van der Waals surface area contributed by atoms with Crippen LogP contribution in [0.3, 0.4) is 0 Å². The molecule has 0 aromatic rings. The zero-order valence-corrected chi connectivity index (χ0v) is 13.2. The fourth-order valence-corrected chi connectivity index (χ4v) is 3.11. The van der Waals surface area contributed by atoms with E-state index in [1.807, 2.05) is 6.92 Å². The van der Waals surface area contributed by atoms with Crippen LogP contribution in [-0.4, -0.2) is 42.0 Å². The van der Waals surface area contributed by atoms with E-state index in [0.717, 1.165) is 25.7 Å². The van der Waals surface area contributed by atoms with Gasteiger partial charge in [-0.25, -0.2) is 0 Å². The van der Waals surface area contributed by atoms with Crippen LogP contribution in [0.5, 0.6) is 0 Å². The maximum absolute atomic E-state index is 12.2. The highest BCUT2D eigenvalue weighted by Crippen LogP contribution is 2.33. The van der Waals surface area contributed by atoms with E-state index < -0.39 is 0 Å². The van der Waals surface area contributed by atoms with Crippen LogP contribution in [-0.2, 0) is 4.79 Å². The van der Waals surface area contributed by atoms with Gasteiger partial charge in [-0.05, 0) is 33.4 Å². The first kappa shape index (κ1) is 16.4. The Hall–Kier alpha value is -0.680. The summed E-state index contributed by atoms with van der Waals surface area (Å²) in [6.45, 7) is 2.73. The first-order valence-electron chi connectivity index (χ1n) is 7.17. The molecule has 1 aliphatic carbocycles. The van der Waals surface area contributed by atoms with Gasteiger partial charge >= 0.3 is 0 Å². The third-order valence-corrected chi connectivity index (χ3v) is 4.60. The van der Waals surface area contributed by atoms with Crippen molar-refractivity contribution in [2.24, 2.45) is 11.7 Å². The van der Waals surface area contributed by atoms with Gasteiger partial charge in [0.15, 0.2) is 0 Å². The van der Waals surface area contributed by atoms with Crippen LogP contribution in [0.2, 0.25) is 0 Å². The molecule has 1 unspecified atom stereocenters. The molecule has 1 amide bonds. The fourth-order valence-electron chi connectivity index (χ4n) is 2.88. The number of hydrogen-bond acceptors (Lipinski definition) is 3. The molecule has 1 atom stereocenters. The number of nitrogens with zero attached hydrogens (tertiary/aromatic N) is 1. The van der Waals surface area contributed by atoms with E-state index in [0.29, 0.717) is 11.5 Å². The van der Waals surface area contributed by atoms with Crippen molar-refractivity contribution in [3.63, 3.8) is 0 Å². The van der Waals surface area contributed by atoms with Crippen molar-refractivity contribution in [1.29, 1.82) is 0 Å². The highest BCUT2D eigenvalue weighted by atomic mass is 32.1. The number of likely N-dealkylation sites (N-methyl/N-ethyl adjacent to an activating group) is 1. The van der Waals surface area contributed by atoms with Gasteiger partial charge in [0.25, 0.3) is 0 Å². The molecular formula is C14H27N3OS. The minimum absolute atomic E-state index is 0.0116. The summed E-state index contributed by atoms with van der Waals surface area (Å²) < 4.78 is 0. The quantitative estimate of drug-likeness (QED) is 0.699. The molecule has 19 heavy (non-hydrogen) atoms. The summed E-state index contributed by atoms with van der Waals surface area (Å²) in [5, 5.41) is 3.06. The zero-order chi connectivity index (χ0) is 14.5. The average molecular weight is 285 g/mol. The lowest BCUT2D eigenvalue weighted by Crippen LogP contribution is -2.52. The van der Waals surface area contributed by atoms with Crippen LogP contribution in [0.25, 0.3) is 0 Å². The first-order valence-corrected chi connectivity index (χ1v) is 7.58. The lowest BCUT2D eigenvalue weighted by atomic mass is 9.95. The monoisotopic (exact) mass is 285 g/mol. The highest BCUT2D eigenvalue weighted by Gasteiger charge is 2.36. The molecule has 0 aromatic carbocycles. The number of thiocarbonyl (C=S) groups is 1. The van der Waals surface area contributed by atoms with Gasteiger partial charge in [0.05, 0.1) is 10.9 Å². The van der Waals surface area contributed by atoms with Crippen LogP contribution >= 0.6 is 12.2 Å². The normalized spacial score (nSPS) is 19.4. The largest absolute Gasteiger partial charge is 0.393 e. The number of hydrogen-bond donors (Lipinski definition) is 2. The van der Waals surface area contributed by atoms with Gasteiger partial charge in [0.1, 0.15) is 0 Å². The number of carbonyl (C=O) groups is 1. The van der Waals surface area contributed by atoms with E-state index in [-0.39, 0.29) is 17.4 Å². The number of nitrogens with two attached hydrogens (primary N) is 1. The molecule has 0 spiro atoms. The smallest absolute Gasteiger partial charge is 0.229 e. The maximum atomic E-state index is 12.2. The summed E-state index contributed by atoms with van der Waals surface area (Å²) in [6.07, 6.45) is 6.41. The van der Waals surface area contributed by atoms with E-state index in [1.54, 1.807) is 0 Å². The Bertz CT molecular complexity index is 325. The predicted molar refractivity (Wildman–Crippen MR) is 83.1 cm³/mol. The van der Waals surface area contributed by atoms with Crippen molar-refractivity contribution in [2.45, 2.75) is 51.0 Å². The summed E-state index contributed by atoms with van der Waals surface area (Å²) in [5.41, 5.74) is 5.77. The van der Waals surface area contributed by atoms with Crippen LogP contribution in [0.15, 0.2) is 0 Å². The van der Waals surface area contributed by atoms with Gasteiger partial charge in [-0.1, -0.05) is 38.4 Å². The van der Waals surface area contributed by atoms with Crippen molar-refractivity contribution in [3.8, 4) is 0 Å². The van der Waals surface area contributed by atoms with Gasteiger partial charge in [0.2, 0.25) is 5.91 Å². The lowest BCUT2D eigenvalue weighted by molar-refractivity contribution is -0.123. The molecule has 110 valence electrons. The molecular weight excluding hydrogens is 258 g/mol. The molecule has 1 aliphatic rings. The van der Waals surface area contributed by atoms with Gasteiger partial charge in [-0.15, -0.1) is 0 Å². The molecule has 1 fully saturated rings. The minimum atomic E-state index is -0.319. The number of amides is 1. The van der Waals surface area contributed by atoms with Crippen LogP contribution < -0.4 is 11.1 Å². The summed E-state index contributed by atoms with van der Waals surface area (Å²) in [7, 11) is 4.18. The molecule has 3 N–H and O–H groups in total. The molecule has 5 heteroatoms. The Balaban J connectivity index is 2.58. The Morgan fingerprint density at radius 2 is 2.00 bits per heavy atom. The van der Waals surface area contributed by atoms with Crippen molar-refractivity contribution >= 4 is 23.1 Å². The molecule has 1 rings (SSSR count). The minimum Gasteiger partial charge on any atom is -0.393 e. The van der Waals surface area contributed by atoms with Gasteiger partial charge in [-0.2, -0.15) is 0 Å². The second-order valence-corrected chi connectivity index (χ2v) is 6.26. The summed E-state index contributed by atoms with van der Waals surface area (Å²) in [4.78, 5) is 14.8. The molecule has 0 saturated heterocycles. The SMILES string of the molecule is CCCC(C(=O)NCC1(N(C)C)CCCC1)C(N)=S. The molecule has 1 saturated carbocycles. The van der Waals surface area contributed by atoms with Crippen molar-refractivity contribution < 1.29 is 4.79 Å². The maximum Gasteiger partial charge on any atom is 0.229 e. The standard InChI is InChI=1S/C14H27N3OS/c1-4-7-11(12(15)19)13(18)16-10-14(17(2)3)8-5-6-9-14/h11H,4-10H2,1-3H3,(H2,15,19)(H,16,18). The van der Waals surface area contributed by atoms with Crippen LogP contribution in [0.4, 0.5) is 0 Å². The third kappa shape index (κ3) is 4.14. The third-order valence-electron chi connectivity index (χ3n) is 4.31. The van der Waals surface area contributed by atoms with E-state index in [9.17, 15) is 4.79 Å². The average Bonchev–Trinajstić information content (AvgIpc) is 2.82. The molecule has 0 aliphatic heterocycles. The van der Waals surface area contributed by atoms with Crippen molar-refractivity contribution in [1.82, 2.24) is 10.2 Å². The molecule has 0 aromatic heterocycles. The van der Waals surface area contributed by atoms with Crippen molar-refractivity contribution in [3.05, 3.63) is 0 Å².